The lowest BCUT2D eigenvalue weighted by atomic mass is 10.2. The normalized spacial score (nSPS) is 11.8. The first-order valence-corrected chi connectivity index (χ1v) is 10.7. The number of hydrogen-bond acceptors (Lipinski definition) is 6. The standard InChI is InChI=1S/C26H26N2O5/c1-5-16(2)32-20-10-6-17(7-11-20)25(29)27-19-9-13-22-21(15-19)28-26(33-22)18-8-12-23(30-3)24(14-18)31-4/h6-16H,5H2,1-4H3,(H,27,29). The molecule has 0 bridgehead atoms. The third kappa shape index (κ3) is 4.92. The number of benzene rings is 3. The van der Waals surface area contributed by atoms with Gasteiger partial charge in [-0.2, -0.15) is 0 Å². The predicted octanol–water partition coefficient (Wildman–Crippen LogP) is 5.94. The van der Waals surface area contributed by atoms with Crippen LogP contribution in [-0.2, 0) is 0 Å². The van der Waals surface area contributed by atoms with E-state index in [1.807, 2.05) is 13.0 Å². The van der Waals surface area contributed by atoms with Gasteiger partial charge in [0.05, 0.1) is 20.3 Å². The first kappa shape index (κ1) is 22.2. The van der Waals surface area contributed by atoms with Crippen molar-refractivity contribution in [3.63, 3.8) is 0 Å². The van der Waals surface area contributed by atoms with Gasteiger partial charge >= 0.3 is 0 Å². The summed E-state index contributed by atoms with van der Waals surface area (Å²) in [6.07, 6.45) is 1.04. The Hall–Kier alpha value is -4.00. The maximum absolute atomic E-state index is 12.7. The highest BCUT2D eigenvalue weighted by Crippen LogP contribution is 2.33. The molecule has 0 aliphatic rings. The molecule has 7 heteroatoms. The van der Waals surface area contributed by atoms with E-state index in [4.69, 9.17) is 18.6 Å². The van der Waals surface area contributed by atoms with E-state index in [1.54, 1.807) is 68.8 Å². The van der Waals surface area contributed by atoms with Crippen molar-refractivity contribution in [3.8, 4) is 28.7 Å². The largest absolute Gasteiger partial charge is 0.493 e. The fourth-order valence-corrected chi connectivity index (χ4v) is 3.30. The van der Waals surface area contributed by atoms with Crippen LogP contribution in [0, 0.1) is 0 Å². The highest BCUT2D eigenvalue weighted by molar-refractivity contribution is 6.05. The molecule has 0 spiro atoms. The zero-order chi connectivity index (χ0) is 23.4. The van der Waals surface area contributed by atoms with Crippen molar-refractivity contribution in [3.05, 3.63) is 66.2 Å². The topological polar surface area (TPSA) is 82.8 Å². The predicted molar refractivity (Wildman–Crippen MR) is 127 cm³/mol. The number of fused-ring (bicyclic) bond motifs is 1. The second-order valence-corrected chi connectivity index (χ2v) is 7.59. The molecule has 0 aliphatic heterocycles. The molecule has 7 nitrogen and oxygen atoms in total. The van der Waals surface area contributed by atoms with E-state index in [1.165, 1.54) is 0 Å². The Morgan fingerprint density at radius 1 is 1.00 bits per heavy atom. The zero-order valence-electron chi connectivity index (χ0n) is 19.0. The zero-order valence-corrected chi connectivity index (χ0v) is 19.0. The van der Waals surface area contributed by atoms with Crippen molar-refractivity contribution in [2.24, 2.45) is 0 Å². The minimum atomic E-state index is -0.215. The number of aromatic nitrogens is 1. The summed E-state index contributed by atoms with van der Waals surface area (Å²) in [5, 5.41) is 2.91. The van der Waals surface area contributed by atoms with E-state index in [0.717, 1.165) is 17.7 Å². The minimum Gasteiger partial charge on any atom is -0.493 e. The molecule has 170 valence electrons. The third-order valence-electron chi connectivity index (χ3n) is 5.30. The van der Waals surface area contributed by atoms with Crippen LogP contribution in [0.5, 0.6) is 17.2 Å². The van der Waals surface area contributed by atoms with Crippen molar-refractivity contribution >= 4 is 22.7 Å². The van der Waals surface area contributed by atoms with Gasteiger partial charge in [-0.15, -0.1) is 0 Å². The molecule has 0 radical (unpaired) electrons. The number of oxazole rings is 1. The number of rotatable bonds is 8. The van der Waals surface area contributed by atoms with Crippen molar-refractivity contribution in [2.45, 2.75) is 26.4 Å². The molecule has 0 saturated heterocycles. The third-order valence-corrected chi connectivity index (χ3v) is 5.30. The summed E-state index contributed by atoms with van der Waals surface area (Å²) >= 11 is 0. The first-order valence-electron chi connectivity index (χ1n) is 10.7. The van der Waals surface area contributed by atoms with Gasteiger partial charge in [0.2, 0.25) is 5.89 Å². The smallest absolute Gasteiger partial charge is 0.255 e. The second-order valence-electron chi connectivity index (χ2n) is 7.59. The molecule has 1 aromatic heterocycles. The molecule has 1 unspecified atom stereocenters. The van der Waals surface area contributed by atoms with Gasteiger partial charge in [0, 0.05) is 16.8 Å². The molecule has 0 saturated carbocycles. The fourth-order valence-electron chi connectivity index (χ4n) is 3.30. The van der Waals surface area contributed by atoms with E-state index < -0.39 is 0 Å². The van der Waals surface area contributed by atoms with Crippen LogP contribution in [0.1, 0.15) is 30.6 Å². The van der Waals surface area contributed by atoms with Gasteiger partial charge < -0.3 is 23.9 Å². The molecule has 0 aliphatic carbocycles. The second kappa shape index (κ2) is 9.65. The number of anilines is 1. The van der Waals surface area contributed by atoms with Gasteiger partial charge in [-0.1, -0.05) is 6.92 Å². The molecule has 1 atom stereocenters. The molecule has 33 heavy (non-hydrogen) atoms. The number of ether oxygens (including phenoxy) is 3. The Bertz CT molecular complexity index is 1260. The summed E-state index contributed by atoms with van der Waals surface area (Å²) in [7, 11) is 3.16. The first-order chi connectivity index (χ1) is 16.0. The van der Waals surface area contributed by atoms with Gasteiger partial charge in [0.1, 0.15) is 11.3 Å². The molecule has 1 N–H and O–H groups in total. The van der Waals surface area contributed by atoms with Gasteiger partial charge in [-0.3, -0.25) is 4.79 Å². The molecule has 4 rings (SSSR count). The SMILES string of the molecule is CCC(C)Oc1ccc(C(=O)Nc2ccc3oc(-c4ccc(OC)c(OC)c4)nc3c2)cc1. The number of methoxy groups -OCH3 is 2. The highest BCUT2D eigenvalue weighted by Gasteiger charge is 2.13. The average Bonchev–Trinajstić information content (AvgIpc) is 3.27. The van der Waals surface area contributed by atoms with E-state index in [2.05, 4.69) is 17.2 Å². The van der Waals surface area contributed by atoms with Crippen LogP contribution in [-0.4, -0.2) is 31.2 Å². The van der Waals surface area contributed by atoms with Gasteiger partial charge in [0.25, 0.3) is 5.91 Å². The highest BCUT2D eigenvalue weighted by atomic mass is 16.5. The van der Waals surface area contributed by atoms with Crippen molar-refractivity contribution in [1.29, 1.82) is 0 Å². The van der Waals surface area contributed by atoms with Crippen molar-refractivity contribution in [2.75, 3.05) is 19.5 Å². The van der Waals surface area contributed by atoms with Crippen molar-refractivity contribution in [1.82, 2.24) is 4.98 Å². The average molecular weight is 447 g/mol. The number of hydrogen-bond donors (Lipinski definition) is 1. The Labute approximate surface area is 192 Å². The lowest BCUT2D eigenvalue weighted by Crippen LogP contribution is -2.12. The maximum atomic E-state index is 12.7. The van der Waals surface area contributed by atoms with Crippen LogP contribution in [0.2, 0.25) is 0 Å². The van der Waals surface area contributed by atoms with Crippen LogP contribution in [0.15, 0.2) is 65.1 Å². The van der Waals surface area contributed by atoms with Gasteiger partial charge in [-0.25, -0.2) is 4.98 Å². The molecule has 1 amide bonds. The van der Waals surface area contributed by atoms with Crippen LogP contribution < -0.4 is 19.5 Å². The number of carbonyl (C=O) groups excluding carboxylic acids is 1. The molecular formula is C26H26N2O5. The summed E-state index contributed by atoms with van der Waals surface area (Å²) in [5.74, 6) is 2.19. The van der Waals surface area contributed by atoms with E-state index in [-0.39, 0.29) is 12.0 Å². The monoisotopic (exact) mass is 446 g/mol. The van der Waals surface area contributed by atoms with Gasteiger partial charge in [0.15, 0.2) is 17.1 Å². The van der Waals surface area contributed by atoms with Crippen LogP contribution in [0.25, 0.3) is 22.6 Å². The summed E-state index contributed by atoms with van der Waals surface area (Å²) in [6, 6.07) is 17.9. The summed E-state index contributed by atoms with van der Waals surface area (Å²) in [4.78, 5) is 17.2. The fraction of sp³-hybridized carbons (Fsp3) is 0.231. The summed E-state index contributed by atoms with van der Waals surface area (Å²) < 4.78 is 22.3. The number of carbonyl (C=O) groups is 1. The maximum Gasteiger partial charge on any atom is 0.255 e. The quantitative estimate of drug-likeness (QED) is 0.361. The molecule has 4 aromatic rings. The van der Waals surface area contributed by atoms with E-state index in [9.17, 15) is 4.79 Å². The molecule has 3 aromatic carbocycles. The van der Waals surface area contributed by atoms with Crippen LogP contribution in [0.3, 0.4) is 0 Å². The number of amides is 1. The van der Waals surface area contributed by atoms with Crippen LogP contribution >= 0.6 is 0 Å². The van der Waals surface area contributed by atoms with E-state index >= 15 is 0 Å². The Kier molecular flexibility index (Phi) is 6.49. The van der Waals surface area contributed by atoms with Gasteiger partial charge in [-0.05, 0) is 74.0 Å². The molecule has 0 fully saturated rings. The van der Waals surface area contributed by atoms with Crippen molar-refractivity contribution < 1.29 is 23.4 Å². The van der Waals surface area contributed by atoms with Crippen LogP contribution in [0.4, 0.5) is 5.69 Å². The minimum absolute atomic E-state index is 0.128. The lowest BCUT2D eigenvalue weighted by Gasteiger charge is -2.12. The molecule has 1 heterocycles. The Balaban J connectivity index is 1.51. The Morgan fingerprint density at radius 2 is 1.76 bits per heavy atom. The number of nitrogens with one attached hydrogen (secondary N) is 1. The summed E-state index contributed by atoms with van der Waals surface area (Å²) in [5.41, 5.74) is 3.17. The van der Waals surface area contributed by atoms with E-state index in [0.29, 0.717) is 39.7 Å². The summed E-state index contributed by atoms with van der Waals surface area (Å²) in [6.45, 7) is 4.08. The Morgan fingerprint density at radius 3 is 2.45 bits per heavy atom. The lowest BCUT2D eigenvalue weighted by molar-refractivity contribution is 0.102. The number of nitrogens with zero attached hydrogens (tertiary/aromatic N) is 1. The molecular weight excluding hydrogens is 420 g/mol.